The number of halogens is 4. The smallest absolute Gasteiger partial charge is 0.406 e. The number of nitrogens with one attached hydrogen (secondary N) is 1. The molecule has 0 saturated heterocycles. The molecule has 0 aliphatic rings. The Morgan fingerprint density at radius 1 is 1.05 bits per heavy atom. The molecular formula is C14H8F4N2O. The van der Waals surface area contributed by atoms with Crippen molar-refractivity contribution >= 4 is 11.4 Å². The SMILES string of the molecule is N#Cc1c(F)cccc1Nc1ccc(OC(F)(F)F)cc1. The third-order valence-electron chi connectivity index (χ3n) is 2.49. The van der Waals surface area contributed by atoms with Crippen molar-refractivity contribution in [1.29, 1.82) is 5.26 Å². The summed E-state index contributed by atoms with van der Waals surface area (Å²) in [5.41, 5.74) is 0.446. The van der Waals surface area contributed by atoms with Crippen LogP contribution in [0.4, 0.5) is 28.9 Å². The zero-order valence-corrected chi connectivity index (χ0v) is 10.4. The summed E-state index contributed by atoms with van der Waals surface area (Å²) in [5.74, 6) is -1.05. The second-order valence-corrected chi connectivity index (χ2v) is 3.97. The number of anilines is 2. The van der Waals surface area contributed by atoms with Gasteiger partial charge in [0.25, 0.3) is 0 Å². The number of hydrogen-bond acceptors (Lipinski definition) is 3. The van der Waals surface area contributed by atoms with Crippen LogP contribution >= 0.6 is 0 Å². The molecule has 21 heavy (non-hydrogen) atoms. The first-order valence-electron chi connectivity index (χ1n) is 5.70. The largest absolute Gasteiger partial charge is 0.573 e. The van der Waals surface area contributed by atoms with E-state index < -0.39 is 12.2 Å². The molecule has 0 saturated carbocycles. The van der Waals surface area contributed by atoms with Gasteiger partial charge < -0.3 is 10.1 Å². The highest BCUT2D eigenvalue weighted by Crippen LogP contribution is 2.26. The zero-order chi connectivity index (χ0) is 15.5. The normalized spacial score (nSPS) is 10.8. The van der Waals surface area contributed by atoms with Gasteiger partial charge in [0.05, 0.1) is 5.69 Å². The Labute approximate surface area is 117 Å². The van der Waals surface area contributed by atoms with E-state index in [1.165, 1.54) is 24.3 Å². The highest BCUT2D eigenvalue weighted by Gasteiger charge is 2.30. The molecule has 0 radical (unpaired) electrons. The minimum absolute atomic E-state index is 0.173. The second-order valence-electron chi connectivity index (χ2n) is 3.97. The van der Waals surface area contributed by atoms with E-state index in [1.54, 1.807) is 6.07 Å². The summed E-state index contributed by atoms with van der Waals surface area (Å²) >= 11 is 0. The molecule has 0 aromatic heterocycles. The van der Waals surface area contributed by atoms with Gasteiger partial charge in [0, 0.05) is 5.69 Å². The van der Waals surface area contributed by atoms with Crippen LogP contribution in [0, 0.1) is 17.1 Å². The van der Waals surface area contributed by atoms with Gasteiger partial charge in [-0.3, -0.25) is 0 Å². The van der Waals surface area contributed by atoms with Gasteiger partial charge in [-0.25, -0.2) is 4.39 Å². The van der Waals surface area contributed by atoms with Crippen LogP contribution in [-0.2, 0) is 0 Å². The maximum absolute atomic E-state index is 13.4. The van der Waals surface area contributed by atoms with E-state index >= 15 is 0 Å². The highest BCUT2D eigenvalue weighted by molar-refractivity contribution is 5.67. The van der Waals surface area contributed by atoms with E-state index in [0.717, 1.165) is 18.2 Å². The van der Waals surface area contributed by atoms with Crippen molar-refractivity contribution in [3.63, 3.8) is 0 Å². The van der Waals surface area contributed by atoms with Crippen LogP contribution in [0.1, 0.15) is 5.56 Å². The molecule has 1 N–H and O–H groups in total. The summed E-state index contributed by atoms with van der Waals surface area (Å²) in [7, 11) is 0. The molecule has 3 nitrogen and oxygen atoms in total. The number of nitrogens with zero attached hydrogens (tertiary/aromatic N) is 1. The fourth-order valence-electron chi connectivity index (χ4n) is 1.64. The van der Waals surface area contributed by atoms with Gasteiger partial charge in [-0.1, -0.05) is 6.07 Å². The summed E-state index contributed by atoms with van der Waals surface area (Å²) in [6.07, 6.45) is -4.76. The quantitative estimate of drug-likeness (QED) is 0.857. The van der Waals surface area contributed by atoms with E-state index in [-0.39, 0.29) is 17.0 Å². The van der Waals surface area contributed by atoms with Crippen LogP contribution in [0.2, 0.25) is 0 Å². The van der Waals surface area contributed by atoms with Crippen LogP contribution in [0.5, 0.6) is 5.75 Å². The monoisotopic (exact) mass is 296 g/mol. The van der Waals surface area contributed by atoms with Crippen LogP contribution < -0.4 is 10.1 Å². The Bertz CT molecular complexity index is 675. The first kappa shape index (κ1) is 14.7. The summed E-state index contributed by atoms with van der Waals surface area (Å²) in [5, 5.41) is 11.6. The van der Waals surface area contributed by atoms with Crippen molar-refractivity contribution in [2.45, 2.75) is 6.36 Å². The number of rotatable bonds is 3. The number of ether oxygens (including phenoxy) is 1. The first-order valence-corrected chi connectivity index (χ1v) is 5.70. The number of benzene rings is 2. The third-order valence-corrected chi connectivity index (χ3v) is 2.49. The lowest BCUT2D eigenvalue weighted by Gasteiger charge is -2.11. The standard InChI is InChI=1S/C14H8F4N2O/c15-12-2-1-3-13(11(12)8-19)20-9-4-6-10(7-5-9)21-14(16,17)18/h1-7,20H. The predicted octanol–water partition coefficient (Wildman–Crippen LogP) is 4.34. The number of alkyl halides is 3. The minimum Gasteiger partial charge on any atom is -0.406 e. The number of hydrogen-bond donors (Lipinski definition) is 1. The van der Waals surface area contributed by atoms with Gasteiger partial charge in [-0.15, -0.1) is 13.2 Å². The molecule has 108 valence electrons. The molecule has 0 bridgehead atoms. The Hall–Kier alpha value is -2.75. The molecular weight excluding hydrogens is 288 g/mol. The van der Waals surface area contributed by atoms with Crippen LogP contribution in [0.15, 0.2) is 42.5 Å². The van der Waals surface area contributed by atoms with E-state index in [0.29, 0.717) is 5.69 Å². The van der Waals surface area contributed by atoms with E-state index in [1.807, 2.05) is 0 Å². The lowest BCUT2D eigenvalue weighted by atomic mass is 10.1. The molecule has 0 aliphatic heterocycles. The molecule has 0 heterocycles. The minimum atomic E-state index is -4.76. The van der Waals surface area contributed by atoms with Gasteiger partial charge in [0.1, 0.15) is 23.2 Å². The van der Waals surface area contributed by atoms with E-state index in [4.69, 9.17) is 5.26 Å². The second kappa shape index (κ2) is 5.71. The molecule has 0 unspecified atom stereocenters. The van der Waals surface area contributed by atoms with Crippen molar-refractivity contribution in [2.75, 3.05) is 5.32 Å². The lowest BCUT2D eigenvalue weighted by molar-refractivity contribution is -0.274. The average Bonchev–Trinajstić information content (AvgIpc) is 2.40. The lowest BCUT2D eigenvalue weighted by Crippen LogP contribution is -2.16. The van der Waals surface area contributed by atoms with Gasteiger partial charge in [0.15, 0.2) is 0 Å². The van der Waals surface area contributed by atoms with Crippen molar-refractivity contribution in [1.82, 2.24) is 0 Å². The summed E-state index contributed by atoms with van der Waals surface area (Å²) in [4.78, 5) is 0. The molecule has 0 fully saturated rings. The van der Waals surface area contributed by atoms with Gasteiger partial charge in [-0.2, -0.15) is 5.26 Å². The fourth-order valence-corrected chi connectivity index (χ4v) is 1.64. The Morgan fingerprint density at radius 2 is 1.71 bits per heavy atom. The molecule has 0 aliphatic carbocycles. The molecule has 2 aromatic rings. The predicted molar refractivity (Wildman–Crippen MR) is 67.5 cm³/mol. The van der Waals surface area contributed by atoms with Crippen molar-refractivity contribution in [3.8, 4) is 11.8 Å². The van der Waals surface area contributed by atoms with Crippen LogP contribution in [0.25, 0.3) is 0 Å². The summed E-state index contributed by atoms with van der Waals surface area (Å²) in [6, 6.07) is 10.6. The fraction of sp³-hybridized carbons (Fsp3) is 0.0714. The summed E-state index contributed by atoms with van der Waals surface area (Å²) < 4.78 is 53.2. The molecule has 0 atom stereocenters. The van der Waals surface area contributed by atoms with Crippen molar-refractivity contribution in [2.24, 2.45) is 0 Å². The highest BCUT2D eigenvalue weighted by atomic mass is 19.4. The van der Waals surface area contributed by atoms with Crippen molar-refractivity contribution < 1.29 is 22.3 Å². The first-order chi connectivity index (χ1) is 9.89. The maximum atomic E-state index is 13.4. The van der Waals surface area contributed by atoms with E-state index in [9.17, 15) is 17.6 Å². The topological polar surface area (TPSA) is 45.0 Å². The Balaban J connectivity index is 2.18. The van der Waals surface area contributed by atoms with Crippen LogP contribution in [0.3, 0.4) is 0 Å². The van der Waals surface area contributed by atoms with Gasteiger partial charge in [-0.05, 0) is 36.4 Å². The van der Waals surface area contributed by atoms with Gasteiger partial charge in [0.2, 0.25) is 0 Å². The average molecular weight is 296 g/mol. The number of nitriles is 1. The molecule has 7 heteroatoms. The third kappa shape index (κ3) is 3.86. The van der Waals surface area contributed by atoms with Crippen molar-refractivity contribution in [3.05, 3.63) is 53.8 Å². The molecule has 2 rings (SSSR count). The summed E-state index contributed by atoms with van der Waals surface area (Å²) in [6.45, 7) is 0. The Kier molecular flexibility index (Phi) is 3.98. The molecule has 2 aromatic carbocycles. The molecule has 0 amide bonds. The van der Waals surface area contributed by atoms with E-state index in [2.05, 4.69) is 10.1 Å². The van der Waals surface area contributed by atoms with Crippen LogP contribution in [-0.4, -0.2) is 6.36 Å². The Morgan fingerprint density at radius 3 is 2.29 bits per heavy atom. The van der Waals surface area contributed by atoms with Gasteiger partial charge >= 0.3 is 6.36 Å². The zero-order valence-electron chi connectivity index (χ0n) is 10.4. The maximum Gasteiger partial charge on any atom is 0.573 e. The molecule has 0 spiro atoms.